The first-order valence-corrected chi connectivity index (χ1v) is 8.67. The molecule has 1 saturated heterocycles. The Kier molecular flexibility index (Phi) is 4.45. The van der Waals surface area contributed by atoms with E-state index in [0.29, 0.717) is 42.6 Å². The van der Waals surface area contributed by atoms with E-state index >= 15 is 0 Å². The number of rotatable bonds is 3. The van der Waals surface area contributed by atoms with E-state index in [9.17, 15) is 14.4 Å². The molecule has 1 aliphatic rings. The van der Waals surface area contributed by atoms with Crippen molar-refractivity contribution in [2.75, 3.05) is 26.2 Å². The highest BCUT2D eigenvalue weighted by Crippen LogP contribution is 2.10. The van der Waals surface area contributed by atoms with Gasteiger partial charge in [0.05, 0.1) is 29.1 Å². The zero-order valence-corrected chi connectivity index (χ0v) is 14.6. The molecule has 8 heteroatoms. The molecule has 138 valence electrons. The lowest BCUT2D eigenvalue weighted by atomic mass is 10.2. The Morgan fingerprint density at radius 2 is 1.78 bits per heavy atom. The number of carbonyl (C=O) groups excluding carboxylic acids is 2. The summed E-state index contributed by atoms with van der Waals surface area (Å²) in [4.78, 5) is 45.0. The minimum atomic E-state index is -0.234. The molecule has 0 atom stereocenters. The first kappa shape index (κ1) is 17.0. The second kappa shape index (κ2) is 7.06. The van der Waals surface area contributed by atoms with Gasteiger partial charge in [0.15, 0.2) is 0 Å². The molecule has 0 radical (unpaired) electrons. The fourth-order valence-electron chi connectivity index (χ4n) is 3.19. The smallest absolute Gasteiger partial charge is 0.261 e. The summed E-state index contributed by atoms with van der Waals surface area (Å²) in [6, 6.07) is 8.67. The Bertz CT molecular complexity index is 1030. The quantitative estimate of drug-likeness (QED) is 0.689. The van der Waals surface area contributed by atoms with Gasteiger partial charge in [-0.05, 0) is 18.2 Å². The van der Waals surface area contributed by atoms with Gasteiger partial charge in [0.2, 0.25) is 5.91 Å². The highest BCUT2D eigenvalue weighted by molar-refractivity contribution is 5.94. The van der Waals surface area contributed by atoms with Crippen LogP contribution in [0.1, 0.15) is 10.4 Å². The number of furan rings is 1. The third-order valence-corrected chi connectivity index (χ3v) is 4.72. The third kappa shape index (κ3) is 3.33. The summed E-state index contributed by atoms with van der Waals surface area (Å²) in [6.45, 7) is 1.68. The second-order valence-corrected chi connectivity index (χ2v) is 6.38. The average Bonchev–Trinajstić information content (AvgIpc) is 3.25. The summed E-state index contributed by atoms with van der Waals surface area (Å²) in [7, 11) is 0. The fourth-order valence-corrected chi connectivity index (χ4v) is 3.19. The van der Waals surface area contributed by atoms with E-state index in [2.05, 4.69) is 4.98 Å². The minimum Gasteiger partial charge on any atom is -0.472 e. The van der Waals surface area contributed by atoms with Gasteiger partial charge in [0.1, 0.15) is 12.8 Å². The topological polar surface area (TPSA) is 88.7 Å². The Morgan fingerprint density at radius 1 is 1.04 bits per heavy atom. The lowest BCUT2D eigenvalue weighted by Crippen LogP contribution is -2.51. The summed E-state index contributed by atoms with van der Waals surface area (Å²) in [5.74, 6) is -0.268. The van der Waals surface area contributed by atoms with Gasteiger partial charge in [-0.25, -0.2) is 4.98 Å². The van der Waals surface area contributed by atoms with Gasteiger partial charge in [-0.15, -0.1) is 0 Å². The summed E-state index contributed by atoms with van der Waals surface area (Å²) in [6.07, 6.45) is 4.28. The van der Waals surface area contributed by atoms with Gasteiger partial charge < -0.3 is 14.2 Å². The predicted molar refractivity (Wildman–Crippen MR) is 97.2 cm³/mol. The summed E-state index contributed by atoms with van der Waals surface area (Å²) >= 11 is 0. The number of fused-ring (bicyclic) bond motifs is 1. The maximum absolute atomic E-state index is 12.6. The van der Waals surface area contributed by atoms with E-state index in [0.717, 1.165) is 0 Å². The molecule has 3 heterocycles. The van der Waals surface area contributed by atoms with Crippen molar-refractivity contribution in [2.45, 2.75) is 6.54 Å². The normalized spacial score (nSPS) is 14.5. The van der Waals surface area contributed by atoms with Crippen LogP contribution in [0.4, 0.5) is 0 Å². The van der Waals surface area contributed by atoms with Crippen molar-refractivity contribution in [1.29, 1.82) is 0 Å². The van der Waals surface area contributed by atoms with Crippen molar-refractivity contribution in [3.63, 3.8) is 0 Å². The molecule has 0 unspecified atom stereocenters. The van der Waals surface area contributed by atoms with Gasteiger partial charge in [0, 0.05) is 26.2 Å². The number of piperazine rings is 1. The van der Waals surface area contributed by atoms with E-state index in [1.165, 1.54) is 23.4 Å². The third-order valence-electron chi connectivity index (χ3n) is 4.72. The Balaban J connectivity index is 1.41. The number of benzene rings is 1. The van der Waals surface area contributed by atoms with Crippen molar-refractivity contribution in [2.24, 2.45) is 0 Å². The zero-order chi connectivity index (χ0) is 18.8. The van der Waals surface area contributed by atoms with Crippen LogP contribution >= 0.6 is 0 Å². The molecule has 2 amide bonds. The van der Waals surface area contributed by atoms with Crippen LogP contribution in [0.15, 0.2) is 58.4 Å². The Morgan fingerprint density at radius 3 is 2.52 bits per heavy atom. The van der Waals surface area contributed by atoms with Crippen molar-refractivity contribution in [1.82, 2.24) is 19.4 Å². The first-order valence-electron chi connectivity index (χ1n) is 8.67. The molecule has 0 saturated carbocycles. The maximum Gasteiger partial charge on any atom is 0.261 e. The van der Waals surface area contributed by atoms with E-state index in [1.54, 1.807) is 34.1 Å². The van der Waals surface area contributed by atoms with E-state index < -0.39 is 0 Å². The maximum atomic E-state index is 12.6. The van der Waals surface area contributed by atoms with Crippen LogP contribution in [0.3, 0.4) is 0 Å². The van der Waals surface area contributed by atoms with E-state index in [-0.39, 0.29) is 23.9 Å². The lowest BCUT2D eigenvalue weighted by Gasteiger charge is -2.34. The van der Waals surface area contributed by atoms with Gasteiger partial charge in [0.25, 0.3) is 11.5 Å². The molecule has 0 N–H and O–H groups in total. The minimum absolute atomic E-state index is 0.0632. The van der Waals surface area contributed by atoms with Crippen LogP contribution in [0.25, 0.3) is 10.9 Å². The van der Waals surface area contributed by atoms with Crippen LogP contribution in [0.2, 0.25) is 0 Å². The molecule has 27 heavy (non-hydrogen) atoms. The number of aromatic nitrogens is 2. The van der Waals surface area contributed by atoms with Crippen LogP contribution < -0.4 is 5.56 Å². The van der Waals surface area contributed by atoms with Gasteiger partial charge in [-0.3, -0.25) is 19.0 Å². The molecule has 3 aromatic rings. The Labute approximate surface area is 154 Å². The molecule has 1 aromatic carbocycles. The van der Waals surface area contributed by atoms with Gasteiger partial charge >= 0.3 is 0 Å². The average molecular weight is 366 g/mol. The fraction of sp³-hybridized carbons (Fsp3) is 0.263. The standard InChI is InChI=1S/C19H18N4O4/c24-17(11-23-13-20-16-4-2-1-3-15(16)19(23)26)21-6-8-22(9-7-21)18(25)14-5-10-27-12-14/h1-5,10,12-13H,6-9,11H2. The molecule has 4 rings (SSSR count). The predicted octanol–water partition coefficient (Wildman–Crippen LogP) is 0.974. The molecule has 0 bridgehead atoms. The van der Waals surface area contributed by atoms with Crippen LogP contribution in [0.5, 0.6) is 0 Å². The molecular formula is C19H18N4O4. The van der Waals surface area contributed by atoms with Crippen molar-refractivity contribution in [3.8, 4) is 0 Å². The summed E-state index contributed by atoms with van der Waals surface area (Å²) in [5.41, 5.74) is 0.879. The first-order chi connectivity index (χ1) is 13.1. The number of hydrogen-bond donors (Lipinski definition) is 0. The zero-order valence-electron chi connectivity index (χ0n) is 14.6. The van der Waals surface area contributed by atoms with Crippen molar-refractivity contribution < 1.29 is 14.0 Å². The summed E-state index contributed by atoms with van der Waals surface area (Å²) in [5, 5.41) is 0.489. The SMILES string of the molecule is O=C(Cn1cnc2ccccc2c1=O)N1CCN(C(=O)c2ccoc2)CC1. The Hall–Kier alpha value is -3.42. The van der Waals surface area contributed by atoms with Gasteiger partial charge in [-0.2, -0.15) is 0 Å². The number of hydrogen-bond acceptors (Lipinski definition) is 5. The van der Waals surface area contributed by atoms with Crippen LogP contribution in [-0.2, 0) is 11.3 Å². The molecule has 8 nitrogen and oxygen atoms in total. The summed E-state index contributed by atoms with van der Waals surface area (Å²) < 4.78 is 6.27. The molecule has 1 fully saturated rings. The lowest BCUT2D eigenvalue weighted by molar-refractivity contribution is -0.133. The van der Waals surface area contributed by atoms with Gasteiger partial charge in [-0.1, -0.05) is 12.1 Å². The second-order valence-electron chi connectivity index (χ2n) is 6.38. The largest absolute Gasteiger partial charge is 0.472 e. The number of nitrogens with zero attached hydrogens (tertiary/aromatic N) is 4. The molecular weight excluding hydrogens is 348 g/mol. The van der Waals surface area contributed by atoms with E-state index in [1.807, 2.05) is 6.07 Å². The monoisotopic (exact) mass is 366 g/mol. The molecule has 1 aliphatic heterocycles. The number of carbonyl (C=O) groups is 2. The number of para-hydroxylation sites is 1. The van der Waals surface area contributed by atoms with Crippen molar-refractivity contribution >= 4 is 22.7 Å². The molecule has 0 aliphatic carbocycles. The van der Waals surface area contributed by atoms with Crippen LogP contribution in [-0.4, -0.2) is 57.3 Å². The number of amides is 2. The van der Waals surface area contributed by atoms with E-state index in [4.69, 9.17) is 4.42 Å². The molecule has 0 spiro atoms. The molecule has 2 aromatic heterocycles. The van der Waals surface area contributed by atoms with Crippen molar-refractivity contribution in [3.05, 3.63) is 65.1 Å². The van der Waals surface area contributed by atoms with Crippen LogP contribution in [0, 0.1) is 0 Å². The highest BCUT2D eigenvalue weighted by atomic mass is 16.3. The highest BCUT2D eigenvalue weighted by Gasteiger charge is 2.25.